The topological polar surface area (TPSA) is 41.8 Å². The van der Waals surface area contributed by atoms with Crippen molar-refractivity contribution >= 4 is 10.9 Å². The molecule has 1 atom stereocenters. The molecule has 0 bridgehead atoms. The van der Waals surface area contributed by atoms with E-state index in [-0.39, 0.29) is 0 Å². The molecule has 86 valence electrons. The lowest BCUT2D eigenvalue weighted by Gasteiger charge is -2.03. The molecule has 2 rings (SSSR count). The van der Waals surface area contributed by atoms with Crippen molar-refractivity contribution in [2.75, 3.05) is 7.11 Å². The smallest absolute Gasteiger partial charge is 0.119 e. The fraction of sp³-hybridized carbons (Fsp3) is 0.385. The van der Waals surface area contributed by atoms with Gasteiger partial charge in [-0.3, -0.25) is 0 Å². The van der Waals surface area contributed by atoms with Crippen LogP contribution in [0, 0.1) is 0 Å². The number of methoxy groups -OCH3 is 1. The van der Waals surface area contributed by atoms with Crippen molar-refractivity contribution in [3.8, 4) is 5.75 Å². The first kappa shape index (κ1) is 11.0. The lowest BCUT2D eigenvalue weighted by atomic mass is 10.1. The van der Waals surface area contributed by atoms with Gasteiger partial charge in [0.1, 0.15) is 5.75 Å². The molecule has 1 unspecified atom stereocenters. The summed E-state index contributed by atoms with van der Waals surface area (Å²) in [7, 11) is 3.78. The van der Waals surface area contributed by atoms with Crippen LogP contribution in [0.4, 0.5) is 0 Å². The van der Waals surface area contributed by atoms with Crippen molar-refractivity contribution in [1.29, 1.82) is 0 Å². The second-order valence-corrected chi connectivity index (χ2v) is 4.46. The van der Waals surface area contributed by atoms with Gasteiger partial charge in [-0.2, -0.15) is 0 Å². The van der Waals surface area contributed by atoms with Crippen LogP contribution >= 0.6 is 0 Å². The minimum atomic E-state index is 0.428. The lowest BCUT2D eigenvalue weighted by molar-refractivity contribution is -0.413. The van der Waals surface area contributed by atoms with E-state index in [1.165, 1.54) is 16.5 Å². The molecule has 1 aromatic carbocycles. The van der Waals surface area contributed by atoms with Gasteiger partial charge in [0.15, 0.2) is 0 Å². The van der Waals surface area contributed by atoms with Gasteiger partial charge in [-0.1, -0.05) is 0 Å². The molecule has 0 spiro atoms. The molecule has 16 heavy (non-hydrogen) atoms. The third kappa shape index (κ3) is 1.91. The summed E-state index contributed by atoms with van der Waals surface area (Å²) in [6, 6.07) is 6.63. The number of hydrogen-bond acceptors (Lipinski definition) is 1. The van der Waals surface area contributed by atoms with Gasteiger partial charge in [0, 0.05) is 30.6 Å². The molecular weight excluding hydrogens is 200 g/mol. The molecule has 3 nitrogen and oxygen atoms in total. The fourth-order valence-corrected chi connectivity index (χ4v) is 2.12. The zero-order valence-corrected chi connectivity index (χ0v) is 10.2. The second kappa shape index (κ2) is 4.18. The predicted molar refractivity (Wildman–Crippen MR) is 65.5 cm³/mol. The van der Waals surface area contributed by atoms with Crippen molar-refractivity contribution in [2.24, 2.45) is 7.05 Å². The number of fused-ring (bicyclic) bond motifs is 1. The molecule has 0 aliphatic rings. The predicted octanol–water partition coefficient (Wildman–Crippen LogP) is 1.36. The lowest BCUT2D eigenvalue weighted by Crippen LogP contribution is -2.60. The molecular formula is C13H19N2O+. The van der Waals surface area contributed by atoms with Gasteiger partial charge in [0.05, 0.1) is 13.2 Å². The van der Waals surface area contributed by atoms with E-state index in [2.05, 4.69) is 42.6 Å². The highest BCUT2D eigenvalue weighted by molar-refractivity contribution is 5.85. The minimum Gasteiger partial charge on any atom is -0.497 e. The Labute approximate surface area is 95.8 Å². The average Bonchev–Trinajstić information content (AvgIpc) is 2.54. The summed E-state index contributed by atoms with van der Waals surface area (Å²) in [5, 5.41) is 1.28. The number of nitrogens with zero attached hydrogens (tertiary/aromatic N) is 1. The first-order chi connectivity index (χ1) is 7.61. The van der Waals surface area contributed by atoms with Crippen molar-refractivity contribution in [1.82, 2.24) is 4.57 Å². The van der Waals surface area contributed by atoms with Crippen LogP contribution in [-0.2, 0) is 13.5 Å². The van der Waals surface area contributed by atoms with Gasteiger partial charge < -0.3 is 15.0 Å². The zero-order chi connectivity index (χ0) is 11.7. The van der Waals surface area contributed by atoms with Crippen LogP contribution in [0.1, 0.15) is 12.5 Å². The molecule has 0 amide bonds. The Morgan fingerprint density at radius 3 is 2.81 bits per heavy atom. The van der Waals surface area contributed by atoms with E-state index in [1.54, 1.807) is 7.11 Å². The van der Waals surface area contributed by atoms with Crippen LogP contribution in [0.2, 0.25) is 0 Å². The van der Waals surface area contributed by atoms with E-state index < -0.39 is 0 Å². The van der Waals surface area contributed by atoms with E-state index in [0.29, 0.717) is 6.04 Å². The SMILES string of the molecule is COc1ccc2c(c1)c(CC(C)[NH3+])cn2C. The normalized spacial score (nSPS) is 13.0. The quantitative estimate of drug-likeness (QED) is 0.832. The summed E-state index contributed by atoms with van der Waals surface area (Å²) in [6.45, 7) is 2.14. The van der Waals surface area contributed by atoms with Crippen molar-refractivity contribution in [3.05, 3.63) is 30.0 Å². The van der Waals surface area contributed by atoms with Crippen LogP contribution in [0.3, 0.4) is 0 Å². The molecule has 0 radical (unpaired) electrons. The Hall–Kier alpha value is -1.48. The van der Waals surface area contributed by atoms with Gasteiger partial charge in [0.2, 0.25) is 0 Å². The summed E-state index contributed by atoms with van der Waals surface area (Å²) < 4.78 is 7.43. The van der Waals surface area contributed by atoms with Gasteiger partial charge in [-0.25, -0.2) is 0 Å². The molecule has 0 fully saturated rings. The van der Waals surface area contributed by atoms with E-state index in [0.717, 1.165) is 12.2 Å². The van der Waals surface area contributed by atoms with E-state index >= 15 is 0 Å². The number of quaternary nitrogens is 1. The maximum Gasteiger partial charge on any atom is 0.119 e. The molecule has 0 saturated carbocycles. The summed E-state index contributed by atoms with van der Waals surface area (Å²) in [4.78, 5) is 0. The summed E-state index contributed by atoms with van der Waals surface area (Å²) in [6.07, 6.45) is 3.19. The molecule has 3 N–H and O–H groups in total. The molecule has 1 heterocycles. The monoisotopic (exact) mass is 219 g/mol. The van der Waals surface area contributed by atoms with Crippen LogP contribution in [0.15, 0.2) is 24.4 Å². The molecule has 0 aliphatic carbocycles. The molecule has 0 aliphatic heterocycles. The van der Waals surface area contributed by atoms with Crippen molar-refractivity contribution in [2.45, 2.75) is 19.4 Å². The number of benzene rings is 1. The summed E-state index contributed by atoms with van der Waals surface area (Å²) in [5.41, 5.74) is 6.64. The maximum absolute atomic E-state index is 5.27. The molecule has 3 heteroatoms. The number of ether oxygens (including phenoxy) is 1. The third-order valence-electron chi connectivity index (χ3n) is 2.85. The van der Waals surface area contributed by atoms with Crippen LogP contribution in [0.5, 0.6) is 5.75 Å². The summed E-state index contributed by atoms with van der Waals surface area (Å²) in [5.74, 6) is 0.914. The Morgan fingerprint density at radius 2 is 2.19 bits per heavy atom. The van der Waals surface area contributed by atoms with Crippen molar-refractivity contribution < 1.29 is 10.5 Å². The largest absolute Gasteiger partial charge is 0.497 e. The van der Waals surface area contributed by atoms with Gasteiger partial charge >= 0.3 is 0 Å². The maximum atomic E-state index is 5.27. The van der Waals surface area contributed by atoms with E-state index in [4.69, 9.17) is 4.74 Å². The Bertz CT molecular complexity index is 500. The standard InChI is InChI=1S/C13H18N2O/c1-9(14)6-10-8-15(2)13-5-4-11(16-3)7-12(10)13/h4-5,7-9H,6,14H2,1-3H3/p+1. The number of hydrogen-bond donors (Lipinski definition) is 1. The number of aryl methyl sites for hydroxylation is 1. The Kier molecular flexibility index (Phi) is 2.88. The van der Waals surface area contributed by atoms with Crippen LogP contribution < -0.4 is 10.5 Å². The van der Waals surface area contributed by atoms with E-state index in [1.807, 2.05) is 6.07 Å². The first-order valence-electron chi connectivity index (χ1n) is 5.57. The van der Waals surface area contributed by atoms with E-state index in [9.17, 15) is 0 Å². The molecule has 0 saturated heterocycles. The minimum absolute atomic E-state index is 0.428. The highest BCUT2D eigenvalue weighted by Crippen LogP contribution is 2.25. The highest BCUT2D eigenvalue weighted by atomic mass is 16.5. The fourth-order valence-electron chi connectivity index (χ4n) is 2.12. The van der Waals surface area contributed by atoms with Gasteiger partial charge in [-0.05, 0) is 30.7 Å². The van der Waals surface area contributed by atoms with Crippen molar-refractivity contribution in [3.63, 3.8) is 0 Å². The van der Waals surface area contributed by atoms with Crippen LogP contribution in [0.25, 0.3) is 10.9 Å². The number of aromatic nitrogens is 1. The van der Waals surface area contributed by atoms with Crippen LogP contribution in [-0.4, -0.2) is 17.7 Å². The highest BCUT2D eigenvalue weighted by Gasteiger charge is 2.10. The first-order valence-corrected chi connectivity index (χ1v) is 5.57. The Balaban J connectivity index is 2.56. The number of rotatable bonds is 3. The average molecular weight is 219 g/mol. The second-order valence-electron chi connectivity index (χ2n) is 4.46. The summed E-state index contributed by atoms with van der Waals surface area (Å²) >= 11 is 0. The van der Waals surface area contributed by atoms with Gasteiger partial charge in [-0.15, -0.1) is 0 Å². The molecule has 1 aromatic heterocycles. The molecule has 2 aromatic rings. The third-order valence-corrected chi connectivity index (χ3v) is 2.85. The Morgan fingerprint density at radius 1 is 1.44 bits per heavy atom. The zero-order valence-electron chi connectivity index (χ0n) is 10.2. The van der Waals surface area contributed by atoms with Gasteiger partial charge in [0.25, 0.3) is 0 Å².